The van der Waals surface area contributed by atoms with Gasteiger partial charge in [0.25, 0.3) is 5.91 Å². The number of anilines is 2. The van der Waals surface area contributed by atoms with Gasteiger partial charge < -0.3 is 20.3 Å². The molecule has 7 heteroatoms. The molecular formula is C27H27N3O4. The molecule has 1 heterocycles. The Balaban J connectivity index is 1.30. The molecular weight excluding hydrogens is 430 g/mol. The molecule has 0 aromatic heterocycles. The molecule has 1 fully saturated rings. The van der Waals surface area contributed by atoms with Crippen LogP contribution in [0.15, 0.2) is 78.9 Å². The van der Waals surface area contributed by atoms with E-state index in [-0.39, 0.29) is 24.1 Å². The lowest BCUT2D eigenvalue weighted by Gasteiger charge is -2.16. The molecule has 0 radical (unpaired) electrons. The fourth-order valence-corrected chi connectivity index (χ4v) is 3.96. The van der Waals surface area contributed by atoms with Crippen LogP contribution in [0.2, 0.25) is 0 Å². The van der Waals surface area contributed by atoms with Crippen molar-refractivity contribution in [2.45, 2.75) is 12.8 Å². The molecule has 1 atom stereocenters. The molecule has 7 nitrogen and oxygen atoms in total. The maximum absolute atomic E-state index is 12.7. The van der Waals surface area contributed by atoms with Gasteiger partial charge in [-0.25, -0.2) is 0 Å². The van der Waals surface area contributed by atoms with Gasteiger partial charge in [0.05, 0.1) is 18.7 Å². The molecule has 0 unspecified atom stereocenters. The Morgan fingerprint density at radius 3 is 2.38 bits per heavy atom. The summed E-state index contributed by atoms with van der Waals surface area (Å²) in [6.07, 6.45) is 0.972. The van der Waals surface area contributed by atoms with Crippen LogP contribution in [0.3, 0.4) is 0 Å². The Morgan fingerprint density at radius 2 is 1.65 bits per heavy atom. The first-order valence-corrected chi connectivity index (χ1v) is 11.2. The van der Waals surface area contributed by atoms with Crippen LogP contribution >= 0.6 is 0 Å². The SMILES string of the molecule is COc1ccccc1NC(=O)c1ccc(NC(=O)[C@@H]2CC(=O)N(CCc3ccccc3)C2)cc1. The summed E-state index contributed by atoms with van der Waals surface area (Å²) in [5.41, 5.74) is 2.77. The number of likely N-dealkylation sites (tertiary alicyclic amines) is 1. The van der Waals surface area contributed by atoms with Crippen molar-refractivity contribution in [2.24, 2.45) is 5.92 Å². The third-order valence-corrected chi connectivity index (χ3v) is 5.87. The Morgan fingerprint density at radius 1 is 0.941 bits per heavy atom. The van der Waals surface area contributed by atoms with Gasteiger partial charge in [-0.15, -0.1) is 0 Å². The topological polar surface area (TPSA) is 87.7 Å². The van der Waals surface area contributed by atoms with E-state index < -0.39 is 5.92 Å². The number of hydrogen-bond donors (Lipinski definition) is 2. The molecule has 34 heavy (non-hydrogen) atoms. The van der Waals surface area contributed by atoms with Crippen LogP contribution in [-0.4, -0.2) is 42.8 Å². The summed E-state index contributed by atoms with van der Waals surface area (Å²) in [7, 11) is 1.54. The van der Waals surface area contributed by atoms with Gasteiger partial charge in [0.15, 0.2) is 0 Å². The number of para-hydroxylation sites is 2. The van der Waals surface area contributed by atoms with E-state index in [1.54, 1.807) is 48.4 Å². The summed E-state index contributed by atoms with van der Waals surface area (Å²) in [6.45, 7) is 1.01. The summed E-state index contributed by atoms with van der Waals surface area (Å²) < 4.78 is 5.26. The van der Waals surface area contributed by atoms with E-state index in [0.29, 0.717) is 35.8 Å². The molecule has 174 valence electrons. The highest BCUT2D eigenvalue weighted by molar-refractivity contribution is 6.05. The fraction of sp³-hybridized carbons (Fsp3) is 0.222. The van der Waals surface area contributed by atoms with Gasteiger partial charge in [0.1, 0.15) is 5.75 Å². The summed E-state index contributed by atoms with van der Waals surface area (Å²) in [5.74, 6) is -0.292. The van der Waals surface area contributed by atoms with E-state index >= 15 is 0 Å². The van der Waals surface area contributed by atoms with Crippen LogP contribution < -0.4 is 15.4 Å². The number of carbonyl (C=O) groups is 3. The molecule has 1 saturated heterocycles. The van der Waals surface area contributed by atoms with Crippen molar-refractivity contribution in [3.05, 3.63) is 90.0 Å². The zero-order valence-electron chi connectivity index (χ0n) is 19.0. The number of amides is 3. The van der Waals surface area contributed by atoms with Gasteiger partial charge in [-0.3, -0.25) is 14.4 Å². The molecule has 3 aromatic carbocycles. The third-order valence-electron chi connectivity index (χ3n) is 5.87. The summed E-state index contributed by atoms with van der Waals surface area (Å²) in [4.78, 5) is 39.4. The first-order valence-electron chi connectivity index (χ1n) is 11.2. The molecule has 0 saturated carbocycles. The zero-order valence-corrected chi connectivity index (χ0v) is 19.0. The Hall–Kier alpha value is -4.13. The number of benzene rings is 3. The second-order valence-corrected chi connectivity index (χ2v) is 8.20. The minimum absolute atomic E-state index is 0.000518. The number of ether oxygens (including phenoxy) is 1. The van der Waals surface area contributed by atoms with Crippen LogP contribution in [0.4, 0.5) is 11.4 Å². The van der Waals surface area contributed by atoms with E-state index in [1.165, 1.54) is 0 Å². The van der Waals surface area contributed by atoms with Crippen molar-refractivity contribution in [1.82, 2.24) is 4.90 Å². The van der Waals surface area contributed by atoms with Crippen LogP contribution in [0.1, 0.15) is 22.3 Å². The largest absolute Gasteiger partial charge is 0.495 e. The molecule has 0 bridgehead atoms. The van der Waals surface area contributed by atoms with Crippen LogP contribution in [0, 0.1) is 5.92 Å². The standard InChI is InChI=1S/C27H27N3O4/c1-34-24-10-6-5-9-23(24)29-26(32)20-11-13-22(14-12-20)28-27(33)21-17-25(31)30(18-21)16-15-19-7-3-2-4-8-19/h2-14,21H,15-18H2,1H3,(H,28,33)(H,29,32)/t21-/m1/s1. The van der Waals surface area contributed by atoms with Crippen LogP contribution in [-0.2, 0) is 16.0 Å². The maximum atomic E-state index is 12.7. The molecule has 3 aromatic rings. The number of methoxy groups -OCH3 is 1. The average Bonchev–Trinajstić information content (AvgIpc) is 3.24. The summed E-state index contributed by atoms with van der Waals surface area (Å²) in [5, 5.41) is 5.69. The third kappa shape index (κ3) is 5.61. The van der Waals surface area contributed by atoms with E-state index in [9.17, 15) is 14.4 Å². The van der Waals surface area contributed by atoms with E-state index in [1.807, 2.05) is 42.5 Å². The molecule has 1 aliphatic heterocycles. The fourth-order valence-electron chi connectivity index (χ4n) is 3.96. The second-order valence-electron chi connectivity index (χ2n) is 8.20. The highest BCUT2D eigenvalue weighted by Crippen LogP contribution is 2.24. The number of nitrogens with one attached hydrogen (secondary N) is 2. The highest BCUT2D eigenvalue weighted by Gasteiger charge is 2.34. The smallest absolute Gasteiger partial charge is 0.255 e. The lowest BCUT2D eigenvalue weighted by atomic mass is 10.1. The van der Waals surface area contributed by atoms with Crippen LogP contribution in [0.25, 0.3) is 0 Å². The van der Waals surface area contributed by atoms with Crippen molar-refractivity contribution < 1.29 is 19.1 Å². The van der Waals surface area contributed by atoms with Crippen molar-refractivity contribution in [2.75, 3.05) is 30.8 Å². The van der Waals surface area contributed by atoms with E-state index in [0.717, 1.165) is 12.0 Å². The van der Waals surface area contributed by atoms with Crippen LogP contribution in [0.5, 0.6) is 5.75 Å². The lowest BCUT2D eigenvalue weighted by molar-refractivity contribution is -0.128. The first-order chi connectivity index (χ1) is 16.5. The Bertz CT molecular complexity index is 1160. The predicted molar refractivity (Wildman–Crippen MR) is 131 cm³/mol. The summed E-state index contributed by atoms with van der Waals surface area (Å²) in [6, 6.07) is 23.8. The first kappa shape index (κ1) is 23.0. The predicted octanol–water partition coefficient (Wildman–Crippen LogP) is 3.98. The van der Waals surface area contributed by atoms with Gasteiger partial charge in [0.2, 0.25) is 11.8 Å². The normalized spacial score (nSPS) is 15.1. The molecule has 0 spiro atoms. The van der Waals surface area contributed by atoms with Gasteiger partial charge in [-0.1, -0.05) is 42.5 Å². The number of carbonyl (C=O) groups excluding carboxylic acids is 3. The average molecular weight is 458 g/mol. The van der Waals surface area contributed by atoms with E-state index in [4.69, 9.17) is 4.74 Å². The van der Waals surface area contributed by atoms with Gasteiger partial charge >= 0.3 is 0 Å². The van der Waals surface area contributed by atoms with Crippen molar-refractivity contribution in [3.8, 4) is 5.75 Å². The van der Waals surface area contributed by atoms with Crippen molar-refractivity contribution in [3.63, 3.8) is 0 Å². The monoisotopic (exact) mass is 457 g/mol. The molecule has 3 amide bonds. The quantitative estimate of drug-likeness (QED) is 0.536. The molecule has 1 aliphatic rings. The summed E-state index contributed by atoms with van der Waals surface area (Å²) >= 11 is 0. The zero-order chi connectivity index (χ0) is 23.9. The molecule has 0 aliphatic carbocycles. The number of hydrogen-bond acceptors (Lipinski definition) is 4. The lowest BCUT2D eigenvalue weighted by Crippen LogP contribution is -2.30. The minimum atomic E-state index is -0.392. The van der Waals surface area contributed by atoms with Gasteiger partial charge in [0, 0.05) is 30.8 Å². The maximum Gasteiger partial charge on any atom is 0.255 e. The Labute approximate surface area is 198 Å². The number of rotatable bonds is 8. The molecule has 4 rings (SSSR count). The van der Waals surface area contributed by atoms with Crippen molar-refractivity contribution >= 4 is 29.1 Å². The van der Waals surface area contributed by atoms with Gasteiger partial charge in [-0.2, -0.15) is 0 Å². The Kier molecular flexibility index (Phi) is 7.22. The number of nitrogens with zero attached hydrogens (tertiary/aromatic N) is 1. The van der Waals surface area contributed by atoms with Gasteiger partial charge in [-0.05, 0) is 48.4 Å². The highest BCUT2D eigenvalue weighted by atomic mass is 16.5. The van der Waals surface area contributed by atoms with E-state index in [2.05, 4.69) is 10.6 Å². The second kappa shape index (κ2) is 10.7. The minimum Gasteiger partial charge on any atom is -0.495 e. The van der Waals surface area contributed by atoms with Crippen molar-refractivity contribution in [1.29, 1.82) is 0 Å². The molecule has 2 N–H and O–H groups in total.